The molecular weight excluding hydrogens is 274 g/mol. The van der Waals surface area contributed by atoms with Crippen molar-refractivity contribution in [1.82, 2.24) is 15.2 Å². The molecule has 0 saturated carbocycles. The van der Waals surface area contributed by atoms with Gasteiger partial charge in [-0.3, -0.25) is 4.90 Å². The molecule has 1 unspecified atom stereocenters. The molecule has 1 aliphatic rings. The van der Waals surface area contributed by atoms with Crippen LogP contribution in [0.2, 0.25) is 0 Å². The number of hydrogen-bond donors (Lipinski definition) is 1. The maximum atomic E-state index is 4.76. The molecule has 1 saturated heterocycles. The molecule has 1 fully saturated rings. The number of likely N-dealkylation sites (tertiary alicyclic amines) is 1. The number of likely N-dealkylation sites (N-methyl/N-ethyl adjacent to an activating group) is 1. The third kappa shape index (κ3) is 3.23. The van der Waals surface area contributed by atoms with Gasteiger partial charge < -0.3 is 5.32 Å². The fourth-order valence-corrected chi connectivity index (χ4v) is 4.18. The van der Waals surface area contributed by atoms with Gasteiger partial charge in [0, 0.05) is 24.5 Å². The summed E-state index contributed by atoms with van der Waals surface area (Å²) in [5.41, 5.74) is 1.21. The lowest BCUT2D eigenvalue weighted by Crippen LogP contribution is -2.43. The smallest absolute Gasteiger partial charge is 0.133 e. The Morgan fingerprint density at radius 2 is 2.42 bits per heavy atom. The van der Waals surface area contributed by atoms with Gasteiger partial charge in [0.1, 0.15) is 5.01 Å². The Balaban J connectivity index is 1.64. The Morgan fingerprint density at radius 1 is 1.47 bits per heavy atom. The molecule has 0 amide bonds. The third-order valence-electron chi connectivity index (χ3n) is 3.58. The summed E-state index contributed by atoms with van der Waals surface area (Å²) in [6, 6.07) is 4.87. The van der Waals surface area contributed by atoms with Gasteiger partial charge in [0.25, 0.3) is 0 Å². The Morgan fingerprint density at radius 3 is 3.21 bits per heavy atom. The molecule has 1 atom stereocenters. The van der Waals surface area contributed by atoms with Crippen LogP contribution in [0, 0.1) is 0 Å². The van der Waals surface area contributed by atoms with E-state index >= 15 is 0 Å². The van der Waals surface area contributed by atoms with Gasteiger partial charge in [0.05, 0.1) is 10.6 Å². The molecule has 102 valence electrons. The highest BCUT2D eigenvalue weighted by Crippen LogP contribution is 2.28. The number of nitrogens with one attached hydrogen (secondary N) is 1. The molecule has 3 nitrogen and oxygen atoms in total. The second-order valence-corrected chi connectivity index (χ2v) is 6.79. The molecule has 2 aromatic rings. The summed E-state index contributed by atoms with van der Waals surface area (Å²) in [5, 5.41) is 8.86. The van der Waals surface area contributed by atoms with Gasteiger partial charge in [-0.25, -0.2) is 4.98 Å². The maximum absolute atomic E-state index is 4.76. The molecule has 1 aliphatic heterocycles. The van der Waals surface area contributed by atoms with Crippen LogP contribution in [-0.4, -0.2) is 36.1 Å². The summed E-state index contributed by atoms with van der Waals surface area (Å²) >= 11 is 3.52. The monoisotopic (exact) mass is 293 g/mol. The molecule has 0 aromatic carbocycles. The molecule has 0 radical (unpaired) electrons. The number of aromatic nitrogens is 1. The van der Waals surface area contributed by atoms with E-state index in [1.165, 1.54) is 30.0 Å². The fourth-order valence-electron chi connectivity index (χ4n) is 2.56. The summed E-state index contributed by atoms with van der Waals surface area (Å²) in [6.45, 7) is 3.33. The van der Waals surface area contributed by atoms with Crippen molar-refractivity contribution in [3.8, 4) is 9.88 Å². The van der Waals surface area contributed by atoms with E-state index in [4.69, 9.17) is 4.98 Å². The predicted octanol–water partition coefficient (Wildman–Crippen LogP) is 3.06. The minimum atomic E-state index is 0.643. The molecule has 0 bridgehead atoms. The van der Waals surface area contributed by atoms with Crippen molar-refractivity contribution in [3.63, 3.8) is 0 Å². The van der Waals surface area contributed by atoms with Crippen LogP contribution in [0.5, 0.6) is 0 Å². The predicted molar refractivity (Wildman–Crippen MR) is 82.8 cm³/mol. The second kappa shape index (κ2) is 6.13. The van der Waals surface area contributed by atoms with Crippen LogP contribution in [0.3, 0.4) is 0 Å². The number of thiazole rings is 1. The van der Waals surface area contributed by atoms with E-state index < -0.39 is 0 Å². The lowest BCUT2D eigenvalue weighted by molar-refractivity contribution is 0.186. The van der Waals surface area contributed by atoms with E-state index in [9.17, 15) is 0 Å². The van der Waals surface area contributed by atoms with Crippen molar-refractivity contribution in [3.05, 3.63) is 28.6 Å². The van der Waals surface area contributed by atoms with Gasteiger partial charge in [-0.15, -0.1) is 22.7 Å². The average Bonchev–Trinajstić information content (AvgIpc) is 3.09. The highest BCUT2D eigenvalue weighted by Gasteiger charge is 2.19. The lowest BCUT2D eigenvalue weighted by Gasteiger charge is -2.31. The van der Waals surface area contributed by atoms with Crippen molar-refractivity contribution < 1.29 is 0 Å². The number of thiophene rings is 1. The normalized spacial score (nSPS) is 20.8. The molecular formula is C14H19N3S2. The van der Waals surface area contributed by atoms with Crippen LogP contribution < -0.4 is 5.32 Å². The molecule has 3 rings (SSSR count). The Labute approximate surface area is 122 Å². The first-order valence-corrected chi connectivity index (χ1v) is 8.49. The Bertz CT molecular complexity index is 507. The van der Waals surface area contributed by atoms with Gasteiger partial charge in [-0.2, -0.15) is 0 Å². The van der Waals surface area contributed by atoms with E-state index in [0.29, 0.717) is 6.04 Å². The van der Waals surface area contributed by atoms with Crippen molar-refractivity contribution in [2.75, 3.05) is 20.1 Å². The molecule has 5 heteroatoms. The van der Waals surface area contributed by atoms with E-state index in [0.717, 1.165) is 18.1 Å². The molecule has 0 spiro atoms. The van der Waals surface area contributed by atoms with Gasteiger partial charge >= 0.3 is 0 Å². The van der Waals surface area contributed by atoms with E-state index in [-0.39, 0.29) is 0 Å². The maximum Gasteiger partial charge on any atom is 0.133 e. The van der Waals surface area contributed by atoms with Crippen molar-refractivity contribution in [2.24, 2.45) is 0 Å². The van der Waals surface area contributed by atoms with Gasteiger partial charge in [-0.05, 0) is 37.9 Å². The van der Waals surface area contributed by atoms with Crippen LogP contribution in [0.1, 0.15) is 18.5 Å². The zero-order chi connectivity index (χ0) is 13.1. The van der Waals surface area contributed by atoms with Crippen LogP contribution in [0.4, 0.5) is 0 Å². The summed E-state index contributed by atoms with van der Waals surface area (Å²) < 4.78 is 0. The first kappa shape index (κ1) is 13.2. The first-order valence-electron chi connectivity index (χ1n) is 6.73. The molecule has 19 heavy (non-hydrogen) atoms. The molecule has 3 heterocycles. The standard InChI is InChI=1S/C14H19N3S2/c1-15-11-4-2-6-17(8-11)9-12-10-19-14(16-12)13-5-3-7-18-13/h3,5,7,10-11,15H,2,4,6,8-9H2,1H3. The lowest BCUT2D eigenvalue weighted by atomic mass is 10.1. The zero-order valence-corrected chi connectivity index (χ0v) is 12.8. The van der Waals surface area contributed by atoms with E-state index in [2.05, 4.69) is 40.2 Å². The zero-order valence-electron chi connectivity index (χ0n) is 11.1. The minimum Gasteiger partial charge on any atom is -0.316 e. The van der Waals surface area contributed by atoms with Crippen molar-refractivity contribution >= 4 is 22.7 Å². The summed E-state index contributed by atoms with van der Waals surface area (Å²) in [7, 11) is 2.06. The Hall–Kier alpha value is -0.750. The quantitative estimate of drug-likeness (QED) is 0.939. The van der Waals surface area contributed by atoms with Gasteiger partial charge in [-0.1, -0.05) is 6.07 Å². The van der Waals surface area contributed by atoms with Crippen LogP contribution in [0.25, 0.3) is 9.88 Å². The van der Waals surface area contributed by atoms with E-state index in [1.54, 1.807) is 22.7 Å². The highest BCUT2D eigenvalue weighted by atomic mass is 32.1. The SMILES string of the molecule is CNC1CCCN(Cc2csc(-c3cccs3)n2)C1. The summed E-state index contributed by atoms with van der Waals surface area (Å²) in [4.78, 5) is 8.56. The molecule has 0 aliphatic carbocycles. The number of piperidine rings is 1. The minimum absolute atomic E-state index is 0.643. The third-order valence-corrected chi connectivity index (χ3v) is 5.51. The Kier molecular flexibility index (Phi) is 4.28. The fraction of sp³-hybridized carbons (Fsp3) is 0.500. The molecule has 1 N–H and O–H groups in total. The topological polar surface area (TPSA) is 28.2 Å². The van der Waals surface area contributed by atoms with Crippen LogP contribution in [-0.2, 0) is 6.54 Å². The largest absolute Gasteiger partial charge is 0.316 e. The number of rotatable bonds is 4. The van der Waals surface area contributed by atoms with Crippen LogP contribution in [0.15, 0.2) is 22.9 Å². The van der Waals surface area contributed by atoms with E-state index in [1.807, 2.05) is 0 Å². The van der Waals surface area contributed by atoms with Gasteiger partial charge in [0.2, 0.25) is 0 Å². The summed E-state index contributed by atoms with van der Waals surface area (Å²) in [6.07, 6.45) is 2.58. The number of nitrogens with zero attached hydrogens (tertiary/aromatic N) is 2. The number of hydrogen-bond acceptors (Lipinski definition) is 5. The van der Waals surface area contributed by atoms with Crippen molar-refractivity contribution in [2.45, 2.75) is 25.4 Å². The average molecular weight is 293 g/mol. The van der Waals surface area contributed by atoms with Crippen molar-refractivity contribution in [1.29, 1.82) is 0 Å². The highest BCUT2D eigenvalue weighted by molar-refractivity contribution is 7.20. The first-order chi connectivity index (χ1) is 9.35. The van der Waals surface area contributed by atoms with Gasteiger partial charge in [0.15, 0.2) is 0 Å². The van der Waals surface area contributed by atoms with Crippen LogP contribution >= 0.6 is 22.7 Å². The molecule has 2 aromatic heterocycles. The second-order valence-electron chi connectivity index (χ2n) is 4.98. The summed E-state index contributed by atoms with van der Waals surface area (Å²) in [5.74, 6) is 0.